The minimum absolute atomic E-state index is 0.0468. The highest BCUT2D eigenvalue weighted by Gasteiger charge is 2.37. The van der Waals surface area contributed by atoms with Crippen LogP contribution in [0.25, 0.3) is 0 Å². The van der Waals surface area contributed by atoms with E-state index in [0.717, 1.165) is 12.8 Å². The van der Waals surface area contributed by atoms with Gasteiger partial charge in [-0.15, -0.1) is 11.6 Å². The molecule has 1 atom stereocenters. The van der Waals surface area contributed by atoms with Crippen LogP contribution in [0.1, 0.15) is 19.8 Å². The lowest BCUT2D eigenvalue weighted by Crippen LogP contribution is -2.45. The summed E-state index contributed by atoms with van der Waals surface area (Å²) in [5.74, 6) is 0.434. The number of hydrogen-bond acceptors (Lipinski definition) is 3. The van der Waals surface area contributed by atoms with Crippen LogP contribution in [0.2, 0.25) is 0 Å². The molecular weight excluding hydrogens is 218 g/mol. The number of amides is 1. The van der Waals surface area contributed by atoms with Crippen molar-refractivity contribution in [1.82, 2.24) is 5.32 Å². The molecule has 0 aromatic rings. The Morgan fingerprint density at radius 2 is 2.40 bits per heavy atom. The van der Waals surface area contributed by atoms with E-state index in [1.54, 1.807) is 0 Å². The first-order valence-electron chi connectivity index (χ1n) is 5.25. The molecular formula is C10H18ClNO3. The van der Waals surface area contributed by atoms with Crippen molar-refractivity contribution in [2.75, 3.05) is 32.2 Å². The standard InChI is InChI=1S/C10H18ClNO3/c1-10(3-2-6-15-10)9(13)12-5-8-14-7-4-11/h2-8H2,1H3,(H,12,13). The number of ether oxygens (including phenoxy) is 2. The van der Waals surface area contributed by atoms with Crippen molar-refractivity contribution in [3.63, 3.8) is 0 Å². The van der Waals surface area contributed by atoms with E-state index in [4.69, 9.17) is 21.1 Å². The van der Waals surface area contributed by atoms with E-state index in [9.17, 15) is 4.79 Å². The molecule has 1 unspecified atom stereocenters. The van der Waals surface area contributed by atoms with Gasteiger partial charge in [-0.3, -0.25) is 4.79 Å². The van der Waals surface area contributed by atoms with Crippen LogP contribution < -0.4 is 5.32 Å². The van der Waals surface area contributed by atoms with Crippen molar-refractivity contribution >= 4 is 17.5 Å². The molecule has 0 saturated carbocycles. The van der Waals surface area contributed by atoms with Crippen molar-refractivity contribution in [3.8, 4) is 0 Å². The van der Waals surface area contributed by atoms with Gasteiger partial charge in [-0.1, -0.05) is 0 Å². The van der Waals surface area contributed by atoms with Crippen LogP contribution >= 0.6 is 11.6 Å². The summed E-state index contributed by atoms with van der Waals surface area (Å²) in [6.45, 7) is 4.02. The first-order chi connectivity index (χ1) is 7.19. The zero-order chi connectivity index (χ0) is 11.1. The van der Waals surface area contributed by atoms with Crippen LogP contribution in [0.15, 0.2) is 0 Å². The summed E-state index contributed by atoms with van der Waals surface area (Å²) >= 11 is 5.44. The molecule has 1 amide bonds. The Balaban J connectivity index is 2.12. The maximum Gasteiger partial charge on any atom is 0.252 e. The zero-order valence-electron chi connectivity index (χ0n) is 9.05. The maximum absolute atomic E-state index is 11.7. The third kappa shape index (κ3) is 3.97. The van der Waals surface area contributed by atoms with E-state index in [2.05, 4.69) is 5.32 Å². The lowest BCUT2D eigenvalue weighted by atomic mass is 10.0. The predicted molar refractivity (Wildman–Crippen MR) is 58.1 cm³/mol. The van der Waals surface area contributed by atoms with Gasteiger partial charge in [-0.05, 0) is 19.8 Å². The third-order valence-corrected chi connectivity index (χ3v) is 2.61. The number of carbonyl (C=O) groups excluding carboxylic acids is 1. The summed E-state index contributed by atoms with van der Waals surface area (Å²) in [6.07, 6.45) is 1.74. The number of hydrogen-bond donors (Lipinski definition) is 1. The fraction of sp³-hybridized carbons (Fsp3) is 0.900. The molecule has 0 aliphatic carbocycles. The van der Waals surface area contributed by atoms with E-state index in [-0.39, 0.29) is 5.91 Å². The molecule has 0 aromatic carbocycles. The summed E-state index contributed by atoms with van der Waals surface area (Å²) in [6, 6.07) is 0. The van der Waals surface area contributed by atoms with E-state index in [1.807, 2.05) is 6.92 Å². The Bertz CT molecular complexity index is 205. The smallest absolute Gasteiger partial charge is 0.252 e. The summed E-state index contributed by atoms with van der Waals surface area (Å²) in [7, 11) is 0. The predicted octanol–water partition coefficient (Wildman–Crippen LogP) is 0.927. The van der Waals surface area contributed by atoms with Crippen molar-refractivity contribution in [2.45, 2.75) is 25.4 Å². The molecule has 1 saturated heterocycles. The summed E-state index contributed by atoms with van der Waals surface area (Å²) in [5.41, 5.74) is -0.632. The molecule has 0 aromatic heterocycles. The first kappa shape index (κ1) is 12.7. The maximum atomic E-state index is 11.7. The molecule has 5 heteroatoms. The minimum atomic E-state index is -0.632. The van der Waals surface area contributed by atoms with Crippen LogP contribution in [0.3, 0.4) is 0 Å². The molecule has 0 radical (unpaired) electrons. The van der Waals surface area contributed by atoms with Gasteiger partial charge in [-0.2, -0.15) is 0 Å². The van der Waals surface area contributed by atoms with Crippen molar-refractivity contribution in [2.24, 2.45) is 0 Å². The Labute approximate surface area is 95.3 Å². The highest BCUT2D eigenvalue weighted by atomic mass is 35.5. The van der Waals surface area contributed by atoms with Crippen molar-refractivity contribution in [3.05, 3.63) is 0 Å². The van der Waals surface area contributed by atoms with Gasteiger partial charge in [0.15, 0.2) is 0 Å². The highest BCUT2D eigenvalue weighted by Crippen LogP contribution is 2.24. The van der Waals surface area contributed by atoms with Gasteiger partial charge in [0.25, 0.3) is 5.91 Å². The normalized spacial score (nSPS) is 25.5. The van der Waals surface area contributed by atoms with Crippen molar-refractivity contribution in [1.29, 1.82) is 0 Å². The highest BCUT2D eigenvalue weighted by molar-refractivity contribution is 6.17. The average Bonchev–Trinajstić information content (AvgIpc) is 2.66. The molecule has 1 rings (SSSR count). The number of halogens is 1. The molecule has 1 aliphatic rings. The van der Waals surface area contributed by atoms with Gasteiger partial charge < -0.3 is 14.8 Å². The Kier molecular flexibility index (Phi) is 5.36. The van der Waals surface area contributed by atoms with E-state index >= 15 is 0 Å². The number of nitrogens with one attached hydrogen (secondary N) is 1. The molecule has 1 heterocycles. The van der Waals surface area contributed by atoms with Crippen LogP contribution in [0, 0.1) is 0 Å². The Morgan fingerprint density at radius 3 is 3.00 bits per heavy atom. The fourth-order valence-corrected chi connectivity index (χ4v) is 1.65. The molecule has 0 bridgehead atoms. The van der Waals surface area contributed by atoms with Gasteiger partial charge in [-0.25, -0.2) is 0 Å². The Morgan fingerprint density at radius 1 is 1.60 bits per heavy atom. The van der Waals surface area contributed by atoms with Crippen LogP contribution in [-0.4, -0.2) is 43.8 Å². The first-order valence-corrected chi connectivity index (χ1v) is 5.78. The molecule has 88 valence electrons. The number of rotatable bonds is 6. The zero-order valence-corrected chi connectivity index (χ0v) is 9.81. The van der Waals surface area contributed by atoms with Gasteiger partial charge >= 0.3 is 0 Å². The molecule has 0 spiro atoms. The molecule has 15 heavy (non-hydrogen) atoms. The monoisotopic (exact) mass is 235 g/mol. The number of alkyl halides is 1. The lowest BCUT2D eigenvalue weighted by Gasteiger charge is -2.21. The van der Waals surface area contributed by atoms with Gasteiger partial charge in [0.2, 0.25) is 0 Å². The molecule has 1 N–H and O–H groups in total. The second-order valence-corrected chi connectivity index (χ2v) is 4.12. The van der Waals surface area contributed by atoms with Crippen LogP contribution in [0.4, 0.5) is 0 Å². The second kappa shape index (κ2) is 6.30. The molecule has 4 nitrogen and oxygen atoms in total. The van der Waals surface area contributed by atoms with Crippen LogP contribution in [0.5, 0.6) is 0 Å². The van der Waals surface area contributed by atoms with E-state index < -0.39 is 5.60 Å². The van der Waals surface area contributed by atoms with Gasteiger partial charge in [0.05, 0.1) is 13.2 Å². The van der Waals surface area contributed by atoms with Crippen LogP contribution in [-0.2, 0) is 14.3 Å². The van der Waals surface area contributed by atoms with Crippen molar-refractivity contribution < 1.29 is 14.3 Å². The second-order valence-electron chi connectivity index (χ2n) is 3.74. The van der Waals surface area contributed by atoms with E-state index in [1.165, 1.54) is 0 Å². The number of carbonyl (C=O) groups is 1. The SMILES string of the molecule is CC1(C(=O)NCCOCCCl)CCCO1. The van der Waals surface area contributed by atoms with Gasteiger partial charge in [0, 0.05) is 19.0 Å². The van der Waals surface area contributed by atoms with Gasteiger partial charge in [0.1, 0.15) is 5.60 Å². The van der Waals surface area contributed by atoms with E-state index in [0.29, 0.717) is 32.2 Å². The molecule has 1 fully saturated rings. The largest absolute Gasteiger partial charge is 0.378 e. The quantitative estimate of drug-likeness (QED) is 0.550. The average molecular weight is 236 g/mol. The topological polar surface area (TPSA) is 47.6 Å². The summed E-state index contributed by atoms with van der Waals surface area (Å²) in [4.78, 5) is 11.7. The fourth-order valence-electron chi connectivity index (χ4n) is 1.54. The third-order valence-electron chi connectivity index (χ3n) is 2.45. The molecule has 1 aliphatic heterocycles. The lowest BCUT2D eigenvalue weighted by molar-refractivity contribution is -0.139. The Hall–Kier alpha value is -0.320. The minimum Gasteiger partial charge on any atom is -0.378 e. The summed E-state index contributed by atoms with van der Waals surface area (Å²) in [5, 5.41) is 2.79. The summed E-state index contributed by atoms with van der Waals surface area (Å²) < 4.78 is 10.5.